The number of carbonyl (C=O) groups excluding carboxylic acids is 1. The van der Waals surface area contributed by atoms with Crippen molar-refractivity contribution in [3.8, 4) is 0 Å². The Morgan fingerprint density at radius 3 is 2.57 bits per heavy atom. The Balaban J connectivity index is 3.42. The van der Waals surface area contributed by atoms with E-state index >= 15 is 0 Å². The first-order valence-corrected chi connectivity index (χ1v) is 9.63. The van der Waals surface area contributed by atoms with Crippen molar-refractivity contribution in [3.05, 3.63) is 0 Å². The number of hydrogen-bond donors (Lipinski definition) is 1. The fourth-order valence-corrected chi connectivity index (χ4v) is 2.37. The molecule has 0 aromatic rings. The second-order valence-electron chi connectivity index (χ2n) is 3.02. The quantitative estimate of drug-likeness (QED) is 0.431. The molecule has 86 valence electrons. The van der Waals surface area contributed by atoms with Crippen molar-refractivity contribution in [3.63, 3.8) is 0 Å². The van der Waals surface area contributed by atoms with Crippen LogP contribution in [0.3, 0.4) is 0 Å². The first-order chi connectivity index (χ1) is 6.52. The van der Waals surface area contributed by atoms with Gasteiger partial charge in [0, 0.05) is 19.2 Å². The Labute approximate surface area is 96.2 Å². The summed E-state index contributed by atoms with van der Waals surface area (Å²) in [4.78, 5) is 11.0. The zero-order valence-electron chi connectivity index (χ0n) is 9.16. The molecule has 0 saturated heterocycles. The SMILES string of the molecule is CSOC(=O)CCCNS(C)(C)SC. The Hall–Kier alpha value is 0.480. The van der Waals surface area contributed by atoms with Crippen LogP contribution in [0.25, 0.3) is 0 Å². The third-order valence-electron chi connectivity index (χ3n) is 1.60. The summed E-state index contributed by atoms with van der Waals surface area (Å²) in [5, 5.41) is 0. The van der Waals surface area contributed by atoms with Gasteiger partial charge >= 0.3 is 5.97 Å². The predicted molar refractivity (Wildman–Crippen MR) is 69.8 cm³/mol. The van der Waals surface area contributed by atoms with E-state index < -0.39 is 9.25 Å². The molecule has 0 amide bonds. The van der Waals surface area contributed by atoms with E-state index in [1.165, 1.54) is 0 Å². The summed E-state index contributed by atoms with van der Waals surface area (Å²) >= 11 is 1.11. The summed E-state index contributed by atoms with van der Waals surface area (Å²) in [6, 6.07) is 0. The second kappa shape index (κ2) is 7.73. The summed E-state index contributed by atoms with van der Waals surface area (Å²) in [6.07, 6.45) is 9.60. The number of hydrogen-bond acceptors (Lipinski definition) is 5. The van der Waals surface area contributed by atoms with Gasteiger partial charge in [-0.05, 0) is 25.2 Å². The van der Waals surface area contributed by atoms with E-state index in [9.17, 15) is 4.79 Å². The zero-order valence-corrected chi connectivity index (χ0v) is 11.6. The van der Waals surface area contributed by atoms with Crippen LogP contribution in [0.2, 0.25) is 0 Å². The van der Waals surface area contributed by atoms with Crippen molar-refractivity contribution >= 4 is 38.1 Å². The predicted octanol–water partition coefficient (Wildman–Crippen LogP) is 2.43. The minimum atomic E-state index is -0.720. The Morgan fingerprint density at radius 1 is 1.43 bits per heavy atom. The topological polar surface area (TPSA) is 38.3 Å². The molecule has 0 fully saturated rings. The molecule has 0 spiro atoms. The van der Waals surface area contributed by atoms with Gasteiger partial charge in [0.2, 0.25) is 0 Å². The Morgan fingerprint density at radius 2 is 2.07 bits per heavy atom. The molecule has 0 aromatic carbocycles. The van der Waals surface area contributed by atoms with Crippen molar-refractivity contribution in [2.45, 2.75) is 12.8 Å². The van der Waals surface area contributed by atoms with Crippen LogP contribution in [0.15, 0.2) is 0 Å². The van der Waals surface area contributed by atoms with Crippen LogP contribution >= 0.6 is 32.1 Å². The molecule has 0 aliphatic heterocycles. The van der Waals surface area contributed by atoms with E-state index in [0.717, 1.165) is 25.0 Å². The van der Waals surface area contributed by atoms with Crippen LogP contribution in [0.5, 0.6) is 0 Å². The maximum Gasteiger partial charge on any atom is 0.317 e. The molecule has 0 aliphatic rings. The molecule has 0 rings (SSSR count). The number of nitrogens with one attached hydrogen (secondary N) is 1. The summed E-state index contributed by atoms with van der Waals surface area (Å²) in [5.74, 6) is -0.128. The Kier molecular flexibility index (Phi) is 8.00. The average Bonchev–Trinajstić information content (AvgIpc) is 2.13. The van der Waals surface area contributed by atoms with Gasteiger partial charge in [0.1, 0.15) is 0 Å². The molecule has 0 radical (unpaired) electrons. The largest absolute Gasteiger partial charge is 0.392 e. The van der Waals surface area contributed by atoms with Gasteiger partial charge < -0.3 is 4.18 Å². The van der Waals surface area contributed by atoms with Crippen molar-refractivity contribution in [1.82, 2.24) is 4.72 Å². The lowest BCUT2D eigenvalue weighted by Gasteiger charge is -2.29. The molecular weight excluding hydrogens is 238 g/mol. The second-order valence-corrected chi connectivity index (χ2v) is 10.1. The van der Waals surface area contributed by atoms with E-state index in [-0.39, 0.29) is 5.97 Å². The molecule has 14 heavy (non-hydrogen) atoms. The smallest absolute Gasteiger partial charge is 0.317 e. The Bertz CT molecular complexity index is 176. The van der Waals surface area contributed by atoms with Gasteiger partial charge in [-0.2, -0.15) is 0 Å². The molecular formula is C8H19NO2S3. The normalized spacial score (nSPS) is 12.6. The minimum Gasteiger partial charge on any atom is -0.392 e. The van der Waals surface area contributed by atoms with E-state index in [2.05, 4.69) is 23.5 Å². The lowest BCUT2D eigenvalue weighted by molar-refractivity contribution is -0.133. The van der Waals surface area contributed by atoms with Crippen molar-refractivity contribution in [1.29, 1.82) is 0 Å². The van der Waals surface area contributed by atoms with E-state index in [0.29, 0.717) is 6.42 Å². The summed E-state index contributed by atoms with van der Waals surface area (Å²) < 4.78 is 8.19. The van der Waals surface area contributed by atoms with Crippen LogP contribution in [-0.2, 0) is 8.98 Å². The highest BCUT2D eigenvalue weighted by molar-refractivity contribution is 8.92. The van der Waals surface area contributed by atoms with Gasteiger partial charge in [-0.1, -0.05) is 0 Å². The first kappa shape index (κ1) is 14.5. The van der Waals surface area contributed by atoms with E-state index in [1.807, 2.05) is 10.8 Å². The fraction of sp³-hybridized carbons (Fsp3) is 0.875. The van der Waals surface area contributed by atoms with Gasteiger partial charge in [-0.3, -0.25) is 9.52 Å². The molecule has 0 unspecified atom stereocenters. The van der Waals surface area contributed by atoms with Crippen molar-refractivity contribution in [2.24, 2.45) is 0 Å². The van der Waals surface area contributed by atoms with Crippen LogP contribution < -0.4 is 4.72 Å². The highest BCUT2D eigenvalue weighted by Crippen LogP contribution is 2.47. The van der Waals surface area contributed by atoms with Crippen LogP contribution in [0.4, 0.5) is 0 Å². The third-order valence-corrected chi connectivity index (χ3v) is 6.54. The van der Waals surface area contributed by atoms with Crippen LogP contribution in [-0.4, -0.2) is 37.5 Å². The highest BCUT2D eigenvalue weighted by atomic mass is 33.2. The summed E-state index contributed by atoms with van der Waals surface area (Å²) in [7, 11) is 1.13. The van der Waals surface area contributed by atoms with Crippen molar-refractivity contribution in [2.75, 3.05) is 31.6 Å². The van der Waals surface area contributed by atoms with Gasteiger partial charge in [-0.15, -0.1) is 20.0 Å². The molecule has 0 heterocycles. The first-order valence-electron chi connectivity index (χ1n) is 4.29. The third kappa shape index (κ3) is 7.84. The monoisotopic (exact) mass is 257 g/mol. The average molecular weight is 257 g/mol. The molecule has 0 aliphatic carbocycles. The van der Waals surface area contributed by atoms with Crippen LogP contribution in [0.1, 0.15) is 12.8 Å². The minimum absolute atomic E-state index is 0.128. The summed E-state index contributed by atoms with van der Waals surface area (Å²) in [6.45, 7) is 0.882. The van der Waals surface area contributed by atoms with Gasteiger partial charge in [0.05, 0.1) is 12.0 Å². The van der Waals surface area contributed by atoms with Gasteiger partial charge in [0.25, 0.3) is 0 Å². The number of carbonyl (C=O) groups is 1. The van der Waals surface area contributed by atoms with Crippen molar-refractivity contribution < 1.29 is 8.98 Å². The molecule has 0 saturated carbocycles. The maximum absolute atomic E-state index is 11.0. The molecule has 1 N–H and O–H groups in total. The number of rotatable bonds is 7. The van der Waals surface area contributed by atoms with Gasteiger partial charge in [-0.25, -0.2) is 0 Å². The van der Waals surface area contributed by atoms with E-state index in [1.54, 1.807) is 6.26 Å². The van der Waals surface area contributed by atoms with E-state index in [4.69, 9.17) is 4.18 Å². The standard InChI is InChI=1S/C8H19NO2S3/c1-12-11-8(10)6-5-7-9-14(3,4)13-2/h9H,5-7H2,1-4H3. The lowest BCUT2D eigenvalue weighted by Crippen LogP contribution is -2.18. The molecule has 0 aromatic heterocycles. The summed E-state index contributed by atoms with van der Waals surface area (Å²) in [5.41, 5.74) is 0. The lowest BCUT2D eigenvalue weighted by atomic mass is 10.3. The highest BCUT2D eigenvalue weighted by Gasteiger charge is 2.08. The zero-order chi connectivity index (χ0) is 11.0. The maximum atomic E-state index is 11.0. The molecule has 6 heteroatoms. The molecule has 0 bridgehead atoms. The van der Waals surface area contributed by atoms with Crippen LogP contribution in [0, 0.1) is 0 Å². The molecule has 0 atom stereocenters. The molecule has 3 nitrogen and oxygen atoms in total. The van der Waals surface area contributed by atoms with Gasteiger partial charge in [0.15, 0.2) is 0 Å². The fourth-order valence-electron chi connectivity index (χ4n) is 0.744.